The Bertz CT molecular complexity index is 1360. The first-order valence-electron chi connectivity index (χ1n) is 9.94. The highest BCUT2D eigenvalue weighted by molar-refractivity contribution is 7.92. The number of furan rings is 1. The van der Waals surface area contributed by atoms with E-state index >= 15 is 0 Å². The van der Waals surface area contributed by atoms with E-state index in [1.807, 2.05) is 0 Å². The first kappa shape index (κ1) is 22.2. The van der Waals surface area contributed by atoms with Crippen molar-refractivity contribution in [3.63, 3.8) is 0 Å². The fraction of sp³-hybridized carbons (Fsp3) is 0.0870. The molecule has 10 heteroatoms. The van der Waals surface area contributed by atoms with E-state index < -0.39 is 10.0 Å². The molecule has 0 unspecified atom stereocenters. The van der Waals surface area contributed by atoms with Crippen molar-refractivity contribution in [2.24, 2.45) is 0 Å². The Morgan fingerprint density at radius 1 is 0.939 bits per heavy atom. The summed E-state index contributed by atoms with van der Waals surface area (Å²) in [6.45, 7) is 0. The molecule has 4 aromatic rings. The number of amides is 1. The first-order chi connectivity index (χ1) is 15.9. The molecule has 2 aromatic heterocycles. The van der Waals surface area contributed by atoms with E-state index in [0.717, 1.165) is 0 Å². The van der Waals surface area contributed by atoms with E-state index in [9.17, 15) is 17.6 Å². The van der Waals surface area contributed by atoms with Crippen molar-refractivity contribution >= 4 is 27.6 Å². The summed E-state index contributed by atoms with van der Waals surface area (Å²) in [5.74, 6) is 0.262. The number of nitrogens with zero attached hydrogens (tertiary/aromatic N) is 2. The summed E-state index contributed by atoms with van der Waals surface area (Å²) in [6, 6.07) is 17.0. The summed E-state index contributed by atoms with van der Waals surface area (Å²) in [4.78, 5) is 19.9. The van der Waals surface area contributed by atoms with Gasteiger partial charge in [-0.2, -0.15) is 0 Å². The molecule has 0 bridgehead atoms. The van der Waals surface area contributed by atoms with Crippen LogP contribution in [0, 0.1) is 5.82 Å². The molecular weight excluding hydrogens is 447 g/mol. The highest BCUT2D eigenvalue weighted by atomic mass is 32.2. The van der Waals surface area contributed by atoms with Crippen LogP contribution in [0.1, 0.15) is 12.2 Å². The predicted octanol–water partition coefficient (Wildman–Crippen LogP) is 4.25. The highest BCUT2D eigenvalue weighted by Crippen LogP contribution is 2.25. The molecule has 0 aliphatic carbocycles. The lowest BCUT2D eigenvalue weighted by Crippen LogP contribution is -2.15. The lowest BCUT2D eigenvalue weighted by Gasteiger charge is -2.08. The Labute approximate surface area is 189 Å². The molecule has 0 saturated carbocycles. The maximum atomic E-state index is 13.9. The third kappa shape index (κ3) is 5.60. The van der Waals surface area contributed by atoms with E-state index in [2.05, 4.69) is 20.0 Å². The van der Waals surface area contributed by atoms with Crippen molar-refractivity contribution in [1.29, 1.82) is 0 Å². The van der Waals surface area contributed by atoms with Gasteiger partial charge >= 0.3 is 0 Å². The monoisotopic (exact) mass is 466 g/mol. The predicted molar refractivity (Wildman–Crippen MR) is 120 cm³/mol. The van der Waals surface area contributed by atoms with Crippen LogP contribution in [0.15, 0.2) is 88.4 Å². The number of sulfonamides is 1. The van der Waals surface area contributed by atoms with Crippen molar-refractivity contribution in [3.8, 4) is 11.3 Å². The highest BCUT2D eigenvalue weighted by Gasteiger charge is 2.16. The second-order valence-electron chi connectivity index (χ2n) is 7.00. The Balaban J connectivity index is 1.32. The van der Waals surface area contributed by atoms with Crippen LogP contribution in [0.2, 0.25) is 0 Å². The molecule has 2 N–H and O–H groups in total. The smallest absolute Gasteiger partial charge is 0.264 e. The van der Waals surface area contributed by atoms with Crippen LogP contribution < -0.4 is 10.0 Å². The number of carbonyl (C=O) groups is 1. The van der Waals surface area contributed by atoms with Crippen molar-refractivity contribution in [1.82, 2.24) is 9.97 Å². The zero-order valence-corrected chi connectivity index (χ0v) is 18.0. The second kappa shape index (κ2) is 9.61. The minimum absolute atomic E-state index is 0.00390. The number of carbonyl (C=O) groups excluding carboxylic acids is 1. The molecule has 0 spiro atoms. The van der Waals surface area contributed by atoms with Crippen molar-refractivity contribution < 1.29 is 22.0 Å². The summed E-state index contributed by atoms with van der Waals surface area (Å²) in [5.41, 5.74) is 0.804. The number of rotatable bonds is 8. The summed E-state index contributed by atoms with van der Waals surface area (Å²) < 4.78 is 46.6. The van der Waals surface area contributed by atoms with Crippen LogP contribution in [0.5, 0.6) is 0 Å². The van der Waals surface area contributed by atoms with Crippen LogP contribution in [0.4, 0.5) is 16.0 Å². The molecule has 0 saturated heterocycles. The Morgan fingerprint density at radius 2 is 1.67 bits per heavy atom. The number of nitrogens with one attached hydrogen (secondary N) is 2. The van der Waals surface area contributed by atoms with Gasteiger partial charge in [0.2, 0.25) is 11.9 Å². The standard InChI is InChI=1S/C23H19FN4O4S/c24-20-5-2-1-4-19(20)21-12-8-17(32-21)9-13-22(29)27-16-6-10-18(11-7-16)33(30,31)28-23-25-14-3-15-26-23/h1-8,10-12,14-15H,9,13H2,(H,27,29)(H,25,26,28). The molecule has 4 rings (SSSR count). The van der Waals surface area contributed by atoms with Crippen LogP contribution in [0.25, 0.3) is 11.3 Å². The number of aromatic nitrogens is 2. The van der Waals surface area contributed by atoms with E-state index in [1.165, 1.54) is 42.7 Å². The zero-order valence-electron chi connectivity index (χ0n) is 17.2. The van der Waals surface area contributed by atoms with E-state index in [1.54, 1.807) is 36.4 Å². The SMILES string of the molecule is O=C(CCc1ccc(-c2ccccc2F)o1)Nc1ccc(S(=O)(=O)Nc2ncccn2)cc1. The molecule has 0 fully saturated rings. The maximum absolute atomic E-state index is 13.9. The maximum Gasteiger partial charge on any atom is 0.264 e. The van der Waals surface area contributed by atoms with Gasteiger partial charge in [-0.15, -0.1) is 0 Å². The summed E-state index contributed by atoms with van der Waals surface area (Å²) in [5, 5.41) is 2.71. The molecule has 1 amide bonds. The van der Waals surface area contributed by atoms with Gasteiger partial charge in [0.1, 0.15) is 17.3 Å². The van der Waals surface area contributed by atoms with E-state index in [-0.39, 0.29) is 29.0 Å². The molecule has 33 heavy (non-hydrogen) atoms. The Kier molecular flexibility index (Phi) is 6.45. The lowest BCUT2D eigenvalue weighted by atomic mass is 10.1. The zero-order chi connectivity index (χ0) is 23.3. The van der Waals surface area contributed by atoms with Gasteiger partial charge in [-0.1, -0.05) is 12.1 Å². The third-order valence-electron chi connectivity index (χ3n) is 4.64. The Morgan fingerprint density at radius 3 is 2.39 bits per heavy atom. The molecule has 0 radical (unpaired) electrons. The minimum atomic E-state index is -3.86. The largest absolute Gasteiger partial charge is 0.461 e. The third-order valence-corrected chi connectivity index (χ3v) is 5.98. The summed E-state index contributed by atoms with van der Waals surface area (Å²) in [7, 11) is -3.86. The molecule has 0 atom stereocenters. The van der Waals surface area contributed by atoms with Crippen LogP contribution in [-0.4, -0.2) is 24.3 Å². The van der Waals surface area contributed by atoms with Crippen LogP contribution >= 0.6 is 0 Å². The fourth-order valence-corrected chi connectivity index (χ4v) is 3.98. The summed E-state index contributed by atoms with van der Waals surface area (Å²) in [6.07, 6.45) is 3.31. The average molecular weight is 466 g/mol. The molecule has 8 nitrogen and oxygen atoms in total. The van der Waals surface area contributed by atoms with Gasteiger partial charge in [0.15, 0.2) is 0 Å². The van der Waals surface area contributed by atoms with Gasteiger partial charge in [-0.25, -0.2) is 27.5 Å². The van der Waals surface area contributed by atoms with Gasteiger partial charge in [-0.3, -0.25) is 4.79 Å². The fourth-order valence-electron chi connectivity index (χ4n) is 3.03. The van der Waals surface area contributed by atoms with E-state index in [0.29, 0.717) is 29.2 Å². The minimum Gasteiger partial charge on any atom is -0.461 e. The van der Waals surface area contributed by atoms with Crippen molar-refractivity contribution in [2.45, 2.75) is 17.7 Å². The normalized spacial score (nSPS) is 11.2. The quantitative estimate of drug-likeness (QED) is 0.401. The average Bonchev–Trinajstić information content (AvgIpc) is 3.28. The van der Waals surface area contributed by atoms with Gasteiger partial charge < -0.3 is 9.73 Å². The number of anilines is 2. The van der Waals surface area contributed by atoms with E-state index in [4.69, 9.17) is 4.42 Å². The molecule has 168 valence electrons. The molecule has 0 aliphatic rings. The van der Waals surface area contributed by atoms with Gasteiger partial charge in [0.05, 0.1) is 10.5 Å². The molecule has 2 aromatic carbocycles. The van der Waals surface area contributed by atoms with Gasteiger partial charge in [0.25, 0.3) is 10.0 Å². The van der Waals surface area contributed by atoms with Crippen molar-refractivity contribution in [3.05, 3.63) is 90.7 Å². The Hall–Kier alpha value is -4.05. The second-order valence-corrected chi connectivity index (χ2v) is 8.68. The molecular formula is C23H19FN4O4S. The number of halogens is 1. The summed E-state index contributed by atoms with van der Waals surface area (Å²) >= 11 is 0. The molecule has 0 aliphatic heterocycles. The topological polar surface area (TPSA) is 114 Å². The number of hydrogen-bond donors (Lipinski definition) is 2. The van der Waals surface area contributed by atoms with Gasteiger partial charge in [-0.05, 0) is 54.6 Å². The number of hydrogen-bond acceptors (Lipinski definition) is 6. The number of aryl methyl sites for hydroxylation is 1. The van der Waals surface area contributed by atoms with Crippen molar-refractivity contribution in [2.75, 3.05) is 10.0 Å². The van der Waals surface area contributed by atoms with Gasteiger partial charge in [0, 0.05) is 30.9 Å². The lowest BCUT2D eigenvalue weighted by molar-refractivity contribution is -0.116. The number of benzene rings is 2. The first-order valence-corrected chi connectivity index (χ1v) is 11.4. The van der Waals surface area contributed by atoms with Crippen LogP contribution in [0.3, 0.4) is 0 Å². The van der Waals surface area contributed by atoms with Crippen LogP contribution in [-0.2, 0) is 21.2 Å². The molecule has 2 heterocycles.